The highest BCUT2D eigenvalue weighted by Gasteiger charge is 2.19. The van der Waals surface area contributed by atoms with Gasteiger partial charge in [0.2, 0.25) is 0 Å². The minimum Gasteiger partial charge on any atom is -0.467 e. The molecule has 3 heterocycles. The zero-order valence-corrected chi connectivity index (χ0v) is 13.1. The van der Waals surface area contributed by atoms with Gasteiger partial charge in [-0.1, -0.05) is 0 Å². The largest absolute Gasteiger partial charge is 0.467 e. The lowest BCUT2D eigenvalue weighted by Gasteiger charge is -2.29. The second-order valence-electron chi connectivity index (χ2n) is 5.50. The van der Waals surface area contributed by atoms with Crippen LogP contribution in [-0.4, -0.2) is 60.1 Å². The molecule has 2 aromatic rings. The van der Waals surface area contributed by atoms with Gasteiger partial charge >= 0.3 is 0 Å². The van der Waals surface area contributed by atoms with Gasteiger partial charge in [-0.3, -0.25) is 14.7 Å². The minimum atomic E-state index is -0.0252. The van der Waals surface area contributed by atoms with Crippen molar-refractivity contribution in [1.82, 2.24) is 14.8 Å². The molecule has 1 aliphatic rings. The standard InChI is InChI=1S/C17H21N3O3/c21-17(15-3-1-5-18-13-15)20(14-16-4-2-10-23-16)7-6-19-8-11-22-12-9-19/h1-5,10,13H,6-9,11-12,14H2. The molecule has 0 aromatic carbocycles. The maximum Gasteiger partial charge on any atom is 0.255 e. The van der Waals surface area contributed by atoms with Crippen LogP contribution in [0.15, 0.2) is 47.3 Å². The number of pyridine rings is 1. The molecule has 3 rings (SSSR count). The number of aromatic nitrogens is 1. The second-order valence-corrected chi connectivity index (χ2v) is 5.50. The Balaban J connectivity index is 1.66. The molecule has 6 nitrogen and oxygen atoms in total. The third kappa shape index (κ3) is 4.40. The van der Waals surface area contributed by atoms with Crippen molar-refractivity contribution in [3.8, 4) is 0 Å². The summed E-state index contributed by atoms with van der Waals surface area (Å²) < 4.78 is 10.8. The summed E-state index contributed by atoms with van der Waals surface area (Å²) in [4.78, 5) is 20.9. The maximum atomic E-state index is 12.7. The second kappa shape index (κ2) is 7.89. The Morgan fingerprint density at radius 2 is 2.13 bits per heavy atom. The van der Waals surface area contributed by atoms with Crippen molar-refractivity contribution in [2.24, 2.45) is 0 Å². The number of nitrogens with zero attached hydrogens (tertiary/aromatic N) is 3. The van der Waals surface area contributed by atoms with Gasteiger partial charge in [0.15, 0.2) is 0 Å². The molecule has 0 aliphatic carbocycles. The molecule has 6 heteroatoms. The number of carbonyl (C=O) groups excluding carboxylic acids is 1. The molecule has 0 N–H and O–H groups in total. The molecular formula is C17H21N3O3. The summed E-state index contributed by atoms with van der Waals surface area (Å²) in [6.45, 7) is 5.28. The summed E-state index contributed by atoms with van der Waals surface area (Å²) in [5.74, 6) is 0.756. The molecule has 0 saturated carbocycles. The van der Waals surface area contributed by atoms with Crippen LogP contribution >= 0.6 is 0 Å². The van der Waals surface area contributed by atoms with Crippen LogP contribution in [0.25, 0.3) is 0 Å². The van der Waals surface area contributed by atoms with Gasteiger partial charge in [-0.2, -0.15) is 0 Å². The van der Waals surface area contributed by atoms with Crippen LogP contribution in [0.5, 0.6) is 0 Å². The van der Waals surface area contributed by atoms with Gasteiger partial charge in [0.1, 0.15) is 5.76 Å². The predicted molar refractivity (Wildman–Crippen MR) is 84.9 cm³/mol. The number of hydrogen-bond acceptors (Lipinski definition) is 5. The van der Waals surface area contributed by atoms with E-state index in [1.807, 2.05) is 17.0 Å². The van der Waals surface area contributed by atoms with Crippen LogP contribution in [0.4, 0.5) is 0 Å². The summed E-state index contributed by atoms with van der Waals surface area (Å²) in [5, 5.41) is 0. The van der Waals surface area contributed by atoms with Crippen molar-refractivity contribution < 1.29 is 13.9 Å². The van der Waals surface area contributed by atoms with Gasteiger partial charge in [0.05, 0.1) is 31.6 Å². The van der Waals surface area contributed by atoms with E-state index < -0.39 is 0 Å². The van der Waals surface area contributed by atoms with Crippen molar-refractivity contribution in [3.63, 3.8) is 0 Å². The van der Waals surface area contributed by atoms with Gasteiger partial charge in [-0.05, 0) is 24.3 Å². The van der Waals surface area contributed by atoms with Crippen molar-refractivity contribution in [2.45, 2.75) is 6.54 Å². The molecule has 0 spiro atoms. The fourth-order valence-electron chi connectivity index (χ4n) is 2.60. The van der Waals surface area contributed by atoms with Crippen molar-refractivity contribution in [2.75, 3.05) is 39.4 Å². The number of rotatable bonds is 6. The van der Waals surface area contributed by atoms with Crippen LogP contribution in [0.1, 0.15) is 16.1 Å². The number of ether oxygens (including phenoxy) is 1. The molecule has 23 heavy (non-hydrogen) atoms. The number of furan rings is 1. The van der Waals surface area contributed by atoms with E-state index in [1.165, 1.54) is 0 Å². The Labute approximate surface area is 135 Å². The predicted octanol–water partition coefficient (Wildman–Crippen LogP) is 1.65. The zero-order valence-electron chi connectivity index (χ0n) is 13.1. The fraction of sp³-hybridized carbons (Fsp3) is 0.412. The van der Waals surface area contributed by atoms with Crippen LogP contribution < -0.4 is 0 Å². The van der Waals surface area contributed by atoms with Crippen molar-refractivity contribution in [1.29, 1.82) is 0 Å². The molecule has 0 atom stereocenters. The molecule has 1 saturated heterocycles. The lowest BCUT2D eigenvalue weighted by atomic mass is 10.2. The Morgan fingerprint density at radius 1 is 1.26 bits per heavy atom. The third-order valence-electron chi connectivity index (χ3n) is 3.91. The van der Waals surface area contributed by atoms with E-state index in [0.717, 1.165) is 38.6 Å². The third-order valence-corrected chi connectivity index (χ3v) is 3.91. The summed E-state index contributed by atoms with van der Waals surface area (Å²) in [7, 11) is 0. The number of carbonyl (C=O) groups is 1. The quantitative estimate of drug-likeness (QED) is 0.811. The number of amides is 1. The maximum absolute atomic E-state index is 12.7. The highest BCUT2D eigenvalue weighted by molar-refractivity contribution is 5.93. The lowest BCUT2D eigenvalue weighted by molar-refractivity contribution is 0.0316. The van der Waals surface area contributed by atoms with Gasteiger partial charge < -0.3 is 14.1 Å². The average Bonchev–Trinajstić information content (AvgIpc) is 3.13. The van der Waals surface area contributed by atoms with Crippen LogP contribution in [0.2, 0.25) is 0 Å². The summed E-state index contributed by atoms with van der Waals surface area (Å²) in [6, 6.07) is 7.29. The van der Waals surface area contributed by atoms with E-state index in [-0.39, 0.29) is 5.91 Å². The highest BCUT2D eigenvalue weighted by Crippen LogP contribution is 2.10. The van der Waals surface area contributed by atoms with Crippen LogP contribution in [0.3, 0.4) is 0 Å². The number of hydrogen-bond donors (Lipinski definition) is 0. The summed E-state index contributed by atoms with van der Waals surface area (Å²) in [6.07, 6.45) is 4.90. The zero-order chi connectivity index (χ0) is 15.9. The topological polar surface area (TPSA) is 58.8 Å². The first kappa shape index (κ1) is 15.7. The van der Waals surface area contributed by atoms with Crippen LogP contribution in [-0.2, 0) is 11.3 Å². The van der Waals surface area contributed by atoms with Gasteiger partial charge in [0, 0.05) is 38.6 Å². The first-order valence-electron chi connectivity index (χ1n) is 7.85. The van der Waals surface area contributed by atoms with Crippen LogP contribution in [0, 0.1) is 0 Å². The first-order valence-corrected chi connectivity index (χ1v) is 7.85. The molecule has 1 aliphatic heterocycles. The molecule has 1 amide bonds. The molecule has 2 aromatic heterocycles. The molecular weight excluding hydrogens is 294 g/mol. The van der Waals surface area contributed by atoms with E-state index in [4.69, 9.17) is 9.15 Å². The SMILES string of the molecule is O=C(c1cccnc1)N(CCN1CCOCC1)Cc1ccco1. The van der Waals surface area contributed by atoms with Gasteiger partial charge in [-0.25, -0.2) is 0 Å². The van der Waals surface area contributed by atoms with E-state index >= 15 is 0 Å². The summed E-state index contributed by atoms with van der Waals surface area (Å²) >= 11 is 0. The normalized spacial score (nSPS) is 15.5. The molecule has 122 valence electrons. The Morgan fingerprint density at radius 3 is 2.83 bits per heavy atom. The van der Waals surface area contributed by atoms with E-state index in [9.17, 15) is 4.79 Å². The summed E-state index contributed by atoms with van der Waals surface area (Å²) in [5.41, 5.74) is 0.598. The van der Waals surface area contributed by atoms with Crippen molar-refractivity contribution >= 4 is 5.91 Å². The lowest BCUT2D eigenvalue weighted by Crippen LogP contribution is -2.42. The van der Waals surface area contributed by atoms with E-state index in [2.05, 4.69) is 9.88 Å². The minimum absolute atomic E-state index is 0.0252. The van der Waals surface area contributed by atoms with E-state index in [1.54, 1.807) is 30.8 Å². The number of morpholine rings is 1. The van der Waals surface area contributed by atoms with Gasteiger partial charge in [-0.15, -0.1) is 0 Å². The van der Waals surface area contributed by atoms with E-state index in [0.29, 0.717) is 18.7 Å². The monoisotopic (exact) mass is 315 g/mol. The first-order chi connectivity index (χ1) is 11.3. The molecule has 1 fully saturated rings. The molecule has 0 radical (unpaired) electrons. The molecule has 0 bridgehead atoms. The Hall–Kier alpha value is -2.18. The highest BCUT2D eigenvalue weighted by atomic mass is 16.5. The smallest absolute Gasteiger partial charge is 0.255 e. The van der Waals surface area contributed by atoms with Crippen molar-refractivity contribution in [3.05, 3.63) is 54.2 Å². The Bertz CT molecular complexity index is 595. The average molecular weight is 315 g/mol. The fourth-order valence-corrected chi connectivity index (χ4v) is 2.60. The Kier molecular flexibility index (Phi) is 5.39. The molecule has 0 unspecified atom stereocenters. The van der Waals surface area contributed by atoms with Gasteiger partial charge in [0.25, 0.3) is 5.91 Å².